The summed E-state index contributed by atoms with van der Waals surface area (Å²) in [7, 11) is 0. The summed E-state index contributed by atoms with van der Waals surface area (Å²) in [5.74, 6) is 1.50. The molecule has 0 bridgehead atoms. The molecular weight excluding hydrogens is 458 g/mol. The number of hydrogen-bond donors (Lipinski definition) is 2. The van der Waals surface area contributed by atoms with Crippen LogP contribution in [0.2, 0.25) is 0 Å². The van der Waals surface area contributed by atoms with Crippen LogP contribution in [0.25, 0.3) is 0 Å². The van der Waals surface area contributed by atoms with Gasteiger partial charge in [-0.05, 0) is 56.6 Å². The molecule has 1 amide bonds. The Morgan fingerprint density at radius 2 is 1.86 bits per heavy atom. The number of piperidine rings is 1. The van der Waals surface area contributed by atoms with Gasteiger partial charge in [-0.25, -0.2) is 4.98 Å². The zero-order valence-corrected chi connectivity index (χ0v) is 20.8. The zero-order valence-electron chi connectivity index (χ0n) is 20.8. The van der Waals surface area contributed by atoms with Crippen LogP contribution in [0.5, 0.6) is 5.75 Å². The molecule has 9 nitrogen and oxygen atoms in total. The van der Waals surface area contributed by atoms with E-state index in [1.165, 1.54) is 0 Å². The van der Waals surface area contributed by atoms with Gasteiger partial charge in [-0.3, -0.25) is 19.5 Å². The van der Waals surface area contributed by atoms with E-state index < -0.39 is 5.41 Å². The van der Waals surface area contributed by atoms with Crippen LogP contribution in [0.15, 0.2) is 23.0 Å². The molecule has 6 rings (SSSR count). The van der Waals surface area contributed by atoms with Crippen molar-refractivity contribution in [2.75, 3.05) is 62.8 Å². The Morgan fingerprint density at radius 3 is 2.69 bits per heavy atom. The fourth-order valence-electron chi connectivity index (χ4n) is 6.14. The number of aromatic amines is 1. The number of ether oxygens (including phenoxy) is 2. The maximum absolute atomic E-state index is 13.2. The topological polar surface area (TPSA) is 99.8 Å². The van der Waals surface area contributed by atoms with Crippen LogP contribution < -0.4 is 20.5 Å². The molecule has 192 valence electrons. The largest absolute Gasteiger partial charge is 0.493 e. The number of carbonyl (C=O) groups is 1. The molecule has 1 spiro atoms. The van der Waals surface area contributed by atoms with Crippen molar-refractivity contribution in [1.29, 1.82) is 0 Å². The first kappa shape index (κ1) is 23.5. The predicted molar refractivity (Wildman–Crippen MR) is 137 cm³/mol. The first-order valence-electron chi connectivity index (χ1n) is 13.4. The van der Waals surface area contributed by atoms with Crippen LogP contribution in [-0.2, 0) is 27.8 Å². The summed E-state index contributed by atoms with van der Waals surface area (Å²) >= 11 is 0. The first-order chi connectivity index (χ1) is 17.6. The van der Waals surface area contributed by atoms with E-state index in [4.69, 9.17) is 14.5 Å². The average Bonchev–Trinajstić information content (AvgIpc) is 3.17. The molecule has 0 atom stereocenters. The van der Waals surface area contributed by atoms with E-state index in [2.05, 4.69) is 26.2 Å². The highest BCUT2D eigenvalue weighted by Crippen LogP contribution is 2.46. The maximum Gasteiger partial charge on any atom is 0.255 e. The number of morpholine rings is 1. The van der Waals surface area contributed by atoms with Crippen molar-refractivity contribution in [3.63, 3.8) is 0 Å². The number of H-pyrrole nitrogens is 1. The Bertz CT molecular complexity index is 1180. The van der Waals surface area contributed by atoms with Crippen LogP contribution in [0.3, 0.4) is 0 Å². The van der Waals surface area contributed by atoms with E-state index in [0.29, 0.717) is 38.5 Å². The third kappa shape index (κ3) is 4.39. The predicted octanol–water partition coefficient (Wildman–Crippen LogP) is 2.24. The van der Waals surface area contributed by atoms with E-state index in [1.807, 2.05) is 12.1 Å². The van der Waals surface area contributed by atoms with Crippen LogP contribution in [-0.4, -0.2) is 73.3 Å². The molecule has 2 fully saturated rings. The second kappa shape index (κ2) is 9.86. The zero-order chi connectivity index (χ0) is 24.5. The summed E-state index contributed by atoms with van der Waals surface area (Å²) < 4.78 is 11.4. The van der Waals surface area contributed by atoms with Crippen molar-refractivity contribution in [3.8, 4) is 5.75 Å². The lowest BCUT2D eigenvalue weighted by Crippen LogP contribution is -2.47. The molecule has 1 aromatic heterocycles. The van der Waals surface area contributed by atoms with Gasteiger partial charge in [0.2, 0.25) is 11.9 Å². The van der Waals surface area contributed by atoms with Gasteiger partial charge in [0.15, 0.2) is 0 Å². The van der Waals surface area contributed by atoms with Gasteiger partial charge in [-0.15, -0.1) is 0 Å². The van der Waals surface area contributed by atoms with Crippen molar-refractivity contribution < 1.29 is 14.3 Å². The van der Waals surface area contributed by atoms with Gasteiger partial charge in [-0.2, -0.15) is 0 Å². The molecule has 2 saturated heterocycles. The first-order valence-corrected chi connectivity index (χ1v) is 13.4. The molecule has 2 aromatic rings. The molecule has 0 radical (unpaired) electrons. The lowest BCUT2D eigenvalue weighted by atomic mass is 9.73. The summed E-state index contributed by atoms with van der Waals surface area (Å²) in [6.45, 7) is 6.61. The third-order valence-electron chi connectivity index (χ3n) is 8.28. The number of nitrogens with one attached hydrogen (secondary N) is 2. The van der Waals surface area contributed by atoms with Gasteiger partial charge in [-0.1, -0.05) is 6.07 Å². The summed E-state index contributed by atoms with van der Waals surface area (Å²) in [6, 6.07) is 6.01. The van der Waals surface area contributed by atoms with E-state index in [-0.39, 0.29) is 11.5 Å². The normalized spacial score (nSPS) is 21.2. The number of fused-ring (bicyclic) bond motifs is 3. The molecule has 3 aliphatic heterocycles. The van der Waals surface area contributed by atoms with E-state index in [0.717, 1.165) is 93.2 Å². The molecule has 4 heterocycles. The number of amides is 1. The number of rotatable bonds is 6. The monoisotopic (exact) mass is 493 g/mol. The van der Waals surface area contributed by atoms with Gasteiger partial charge in [0.05, 0.1) is 30.9 Å². The summed E-state index contributed by atoms with van der Waals surface area (Å²) in [4.78, 5) is 38.1. The number of carbonyl (C=O) groups excluding carboxylic acids is 1. The Kier molecular flexibility index (Phi) is 6.43. The number of aryl methyl sites for hydroxylation is 1. The standard InChI is InChI=1S/C27H35N5O4/c33-24-20-4-1-2-5-22(20)29-26(30-24)32-11-8-27(9-12-32)21-7-6-19(18-23(21)28-25(27)34)36-15-3-10-31-13-16-35-17-14-31/h6-7,18H,1-5,8-17H2,(H,28,34)(H,29,30,33). The molecule has 36 heavy (non-hydrogen) atoms. The van der Waals surface area contributed by atoms with Gasteiger partial charge in [0.25, 0.3) is 5.56 Å². The van der Waals surface area contributed by atoms with E-state index >= 15 is 0 Å². The van der Waals surface area contributed by atoms with Crippen molar-refractivity contribution in [2.24, 2.45) is 0 Å². The molecule has 0 saturated carbocycles. The Morgan fingerprint density at radius 1 is 1.06 bits per heavy atom. The van der Waals surface area contributed by atoms with Gasteiger partial charge >= 0.3 is 0 Å². The summed E-state index contributed by atoms with van der Waals surface area (Å²) in [6.07, 6.45) is 6.16. The highest BCUT2D eigenvalue weighted by Gasteiger charge is 2.48. The number of benzene rings is 1. The molecule has 2 N–H and O–H groups in total. The molecule has 9 heteroatoms. The Labute approximate surface area is 211 Å². The van der Waals surface area contributed by atoms with Crippen molar-refractivity contribution in [1.82, 2.24) is 14.9 Å². The van der Waals surface area contributed by atoms with Gasteiger partial charge in [0, 0.05) is 50.0 Å². The lowest BCUT2D eigenvalue weighted by molar-refractivity contribution is -0.121. The van der Waals surface area contributed by atoms with E-state index in [1.54, 1.807) is 0 Å². The fourth-order valence-corrected chi connectivity index (χ4v) is 6.14. The fraction of sp³-hybridized carbons (Fsp3) is 0.593. The smallest absolute Gasteiger partial charge is 0.255 e. The molecular formula is C27H35N5O4. The minimum absolute atomic E-state index is 0.00332. The molecule has 1 aliphatic carbocycles. The highest BCUT2D eigenvalue weighted by atomic mass is 16.5. The number of nitrogens with zero attached hydrogens (tertiary/aromatic N) is 3. The Hall–Kier alpha value is -2.91. The second-order valence-corrected chi connectivity index (χ2v) is 10.4. The number of aromatic nitrogens is 2. The van der Waals surface area contributed by atoms with E-state index in [9.17, 15) is 9.59 Å². The van der Waals surface area contributed by atoms with Crippen molar-refractivity contribution in [2.45, 2.75) is 50.4 Å². The highest BCUT2D eigenvalue weighted by molar-refractivity contribution is 6.06. The molecule has 1 aromatic carbocycles. The number of hydrogen-bond acceptors (Lipinski definition) is 7. The second-order valence-electron chi connectivity index (χ2n) is 10.4. The van der Waals surface area contributed by atoms with Crippen molar-refractivity contribution in [3.05, 3.63) is 45.4 Å². The molecule has 0 unspecified atom stereocenters. The van der Waals surface area contributed by atoms with Crippen LogP contribution in [0.1, 0.15) is 48.9 Å². The third-order valence-corrected chi connectivity index (χ3v) is 8.28. The Balaban J connectivity index is 1.09. The minimum Gasteiger partial charge on any atom is -0.493 e. The van der Waals surface area contributed by atoms with Crippen LogP contribution in [0.4, 0.5) is 11.6 Å². The number of anilines is 2. The van der Waals surface area contributed by atoms with Crippen molar-refractivity contribution >= 4 is 17.5 Å². The SMILES string of the molecule is O=C1Nc2cc(OCCCN3CCOCC3)ccc2C12CCN(c1nc3c(c(=O)[nH]1)CCCC3)CC2. The van der Waals surface area contributed by atoms with Crippen LogP contribution in [0, 0.1) is 0 Å². The minimum atomic E-state index is -0.533. The van der Waals surface area contributed by atoms with Gasteiger partial charge < -0.3 is 19.7 Å². The van der Waals surface area contributed by atoms with Crippen LogP contribution >= 0.6 is 0 Å². The van der Waals surface area contributed by atoms with Gasteiger partial charge in [0.1, 0.15) is 5.75 Å². The molecule has 4 aliphatic rings. The lowest BCUT2D eigenvalue weighted by Gasteiger charge is -2.38. The maximum atomic E-state index is 13.2. The average molecular weight is 494 g/mol. The quantitative estimate of drug-likeness (QED) is 0.596. The summed E-state index contributed by atoms with van der Waals surface area (Å²) in [5, 5.41) is 3.11. The summed E-state index contributed by atoms with van der Waals surface area (Å²) in [5.41, 5.74) is 3.17.